The van der Waals surface area contributed by atoms with Crippen LogP contribution in [-0.4, -0.2) is 4.98 Å². The van der Waals surface area contributed by atoms with Crippen LogP contribution in [0.2, 0.25) is 5.15 Å². The van der Waals surface area contributed by atoms with Crippen LogP contribution in [0.25, 0.3) is 0 Å². The van der Waals surface area contributed by atoms with Gasteiger partial charge in [-0.25, -0.2) is 4.98 Å². The molecule has 1 rings (SSSR count). The van der Waals surface area contributed by atoms with E-state index in [4.69, 9.17) is 23.2 Å². The lowest BCUT2D eigenvalue weighted by Gasteiger charge is -2.09. The minimum absolute atomic E-state index is 0.00338. The molecule has 72 valence electrons. The summed E-state index contributed by atoms with van der Waals surface area (Å²) in [7, 11) is 0. The second kappa shape index (κ2) is 3.72. The normalized spacial score (nSPS) is 11.8. The van der Waals surface area contributed by atoms with Gasteiger partial charge in [-0.3, -0.25) is 0 Å². The fourth-order valence-electron chi connectivity index (χ4n) is 0.834. The molecule has 13 heavy (non-hydrogen) atoms. The predicted octanol–water partition coefficient (Wildman–Crippen LogP) is 3.49. The molecule has 0 fully saturated rings. The predicted molar refractivity (Wildman–Crippen MR) is 43.8 cm³/mol. The number of pyridine rings is 1. The monoisotopic (exact) mass is 229 g/mol. The van der Waals surface area contributed by atoms with E-state index in [0.717, 1.165) is 6.07 Å². The summed E-state index contributed by atoms with van der Waals surface area (Å²) in [6.07, 6.45) is -3.75. The standard InChI is InChI=1S/C7H4Cl2F3N/c8-2-4-1-6(9)13-3-5(4)7(10,11)12/h1,3H,2H2. The second-order valence-electron chi connectivity index (χ2n) is 2.30. The van der Waals surface area contributed by atoms with Crippen LogP contribution < -0.4 is 0 Å². The Kier molecular flexibility index (Phi) is 3.03. The second-order valence-corrected chi connectivity index (χ2v) is 2.95. The van der Waals surface area contributed by atoms with E-state index in [1.54, 1.807) is 0 Å². The molecule has 0 unspecified atom stereocenters. The maximum atomic E-state index is 12.2. The van der Waals surface area contributed by atoms with Crippen molar-refractivity contribution < 1.29 is 13.2 Å². The SMILES string of the molecule is FC(F)(F)c1cnc(Cl)cc1CCl. The van der Waals surface area contributed by atoms with Crippen LogP contribution in [0.4, 0.5) is 13.2 Å². The zero-order valence-electron chi connectivity index (χ0n) is 6.20. The highest BCUT2D eigenvalue weighted by Gasteiger charge is 2.33. The molecule has 0 aliphatic heterocycles. The Bertz CT molecular complexity index is 311. The van der Waals surface area contributed by atoms with Crippen molar-refractivity contribution in [3.8, 4) is 0 Å². The van der Waals surface area contributed by atoms with E-state index in [9.17, 15) is 13.2 Å². The molecule has 0 N–H and O–H groups in total. The maximum Gasteiger partial charge on any atom is 0.418 e. The highest BCUT2D eigenvalue weighted by atomic mass is 35.5. The number of aromatic nitrogens is 1. The first-order chi connectivity index (χ1) is 5.95. The molecule has 1 nitrogen and oxygen atoms in total. The van der Waals surface area contributed by atoms with Crippen LogP contribution in [0.15, 0.2) is 12.3 Å². The Hall–Kier alpha value is -0.480. The van der Waals surface area contributed by atoms with Crippen LogP contribution in [0.5, 0.6) is 0 Å². The third-order valence-electron chi connectivity index (χ3n) is 1.41. The van der Waals surface area contributed by atoms with Crippen molar-refractivity contribution in [3.05, 3.63) is 28.5 Å². The smallest absolute Gasteiger partial charge is 0.244 e. The van der Waals surface area contributed by atoms with Crippen molar-refractivity contribution in [2.75, 3.05) is 0 Å². The number of hydrogen-bond acceptors (Lipinski definition) is 1. The zero-order chi connectivity index (χ0) is 10.1. The molecule has 0 saturated carbocycles. The first-order valence-corrected chi connectivity index (χ1v) is 4.14. The molecule has 0 saturated heterocycles. The number of halogens is 5. The lowest BCUT2D eigenvalue weighted by atomic mass is 10.1. The van der Waals surface area contributed by atoms with Crippen molar-refractivity contribution in [1.29, 1.82) is 0 Å². The third kappa shape index (κ3) is 2.48. The summed E-state index contributed by atoms with van der Waals surface area (Å²) in [4.78, 5) is 3.34. The summed E-state index contributed by atoms with van der Waals surface area (Å²) in [6, 6.07) is 1.11. The van der Waals surface area contributed by atoms with Gasteiger partial charge in [0.2, 0.25) is 0 Å². The van der Waals surface area contributed by atoms with E-state index in [0.29, 0.717) is 6.20 Å². The van der Waals surface area contributed by atoms with Gasteiger partial charge in [-0.15, -0.1) is 11.6 Å². The van der Waals surface area contributed by atoms with E-state index in [1.807, 2.05) is 0 Å². The van der Waals surface area contributed by atoms with Crippen molar-refractivity contribution in [3.63, 3.8) is 0 Å². The summed E-state index contributed by atoms with van der Waals surface area (Å²) in [6.45, 7) is 0. The minimum atomic E-state index is -4.43. The molecule has 6 heteroatoms. The average Bonchev–Trinajstić information content (AvgIpc) is 2.01. The Morgan fingerprint density at radius 2 is 2.00 bits per heavy atom. The van der Waals surface area contributed by atoms with Crippen LogP contribution >= 0.6 is 23.2 Å². The van der Waals surface area contributed by atoms with Crippen LogP contribution in [0, 0.1) is 0 Å². The third-order valence-corrected chi connectivity index (χ3v) is 1.90. The number of nitrogens with zero attached hydrogens (tertiary/aromatic N) is 1. The fraction of sp³-hybridized carbons (Fsp3) is 0.286. The van der Waals surface area contributed by atoms with Crippen LogP contribution in [0.1, 0.15) is 11.1 Å². The van der Waals surface area contributed by atoms with Gasteiger partial charge >= 0.3 is 6.18 Å². The van der Waals surface area contributed by atoms with Crippen molar-refractivity contribution in [2.45, 2.75) is 12.1 Å². The minimum Gasteiger partial charge on any atom is -0.244 e. The van der Waals surface area contributed by atoms with Gasteiger partial charge in [0.1, 0.15) is 5.15 Å². The first-order valence-electron chi connectivity index (χ1n) is 3.22. The molecular weight excluding hydrogens is 226 g/mol. The van der Waals surface area contributed by atoms with Gasteiger partial charge in [-0.05, 0) is 11.6 Å². The van der Waals surface area contributed by atoms with Crippen molar-refractivity contribution in [1.82, 2.24) is 4.98 Å². The molecule has 1 aromatic rings. The van der Waals surface area contributed by atoms with Gasteiger partial charge in [0, 0.05) is 12.1 Å². The Labute approximate surface area is 82.5 Å². The molecule has 0 radical (unpaired) electrons. The molecule has 0 atom stereocenters. The van der Waals surface area contributed by atoms with Gasteiger partial charge in [0.25, 0.3) is 0 Å². The summed E-state index contributed by atoms with van der Waals surface area (Å²) >= 11 is 10.7. The topological polar surface area (TPSA) is 12.9 Å². The van der Waals surface area contributed by atoms with Crippen molar-refractivity contribution >= 4 is 23.2 Å². The van der Waals surface area contributed by atoms with Gasteiger partial charge in [-0.1, -0.05) is 11.6 Å². The number of alkyl halides is 4. The molecule has 0 aliphatic rings. The van der Waals surface area contributed by atoms with Crippen molar-refractivity contribution in [2.24, 2.45) is 0 Å². The maximum absolute atomic E-state index is 12.2. The van der Waals surface area contributed by atoms with Gasteiger partial charge in [0.05, 0.1) is 5.56 Å². The van der Waals surface area contributed by atoms with E-state index < -0.39 is 11.7 Å². The zero-order valence-corrected chi connectivity index (χ0v) is 7.71. The number of hydrogen-bond donors (Lipinski definition) is 0. The van der Waals surface area contributed by atoms with E-state index in [1.165, 1.54) is 0 Å². The Morgan fingerprint density at radius 1 is 1.38 bits per heavy atom. The summed E-state index contributed by atoms with van der Waals surface area (Å²) in [5.74, 6) is -0.239. The van der Waals surface area contributed by atoms with Gasteiger partial charge < -0.3 is 0 Å². The average molecular weight is 230 g/mol. The summed E-state index contributed by atoms with van der Waals surface area (Å²) < 4.78 is 36.7. The fourth-order valence-corrected chi connectivity index (χ4v) is 1.24. The molecule has 0 aliphatic carbocycles. The van der Waals surface area contributed by atoms with E-state index in [2.05, 4.69) is 4.98 Å². The summed E-state index contributed by atoms with van der Waals surface area (Å²) in [5.41, 5.74) is -0.902. The van der Waals surface area contributed by atoms with Gasteiger partial charge in [0.15, 0.2) is 0 Å². The molecular formula is C7H4Cl2F3N. The van der Waals surface area contributed by atoms with Crippen LogP contribution in [0.3, 0.4) is 0 Å². The molecule has 0 amide bonds. The lowest BCUT2D eigenvalue weighted by Crippen LogP contribution is -2.09. The van der Waals surface area contributed by atoms with E-state index >= 15 is 0 Å². The lowest BCUT2D eigenvalue weighted by molar-refractivity contribution is -0.138. The molecule has 0 bridgehead atoms. The first kappa shape index (κ1) is 10.6. The van der Waals surface area contributed by atoms with Gasteiger partial charge in [-0.2, -0.15) is 13.2 Å². The number of rotatable bonds is 1. The summed E-state index contributed by atoms with van der Waals surface area (Å²) in [5, 5.41) is 0.00338. The quantitative estimate of drug-likeness (QED) is 0.531. The molecule has 0 aromatic carbocycles. The highest BCUT2D eigenvalue weighted by Crippen LogP contribution is 2.32. The Morgan fingerprint density at radius 3 is 2.46 bits per heavy atom. The molecule has 1 aromatic heterocycles. The highest BCUT2D eigenvalue weighted by molar-refractivity contribution is 6.29. The Balaban J connectivity index is 3.22. The molecule has 1 heterocycles. The van der Waals surface area contributed by atoms with Crippen LogP contribution in [-0.2, 0) is 12.1 Å². The van der Waals surface area contributed by atoms with E-state index in [-0.39, 0.29) is 16.6 Å². The molecule has 0 spiro atoms. The largest absolute Gasteiger partial charge is 0.418 e.